The van der Waals surface area contributed by atoms with E-state index in [1.165, 1.54) is 11.8 Å². The number of halogens is 1. The Labute approximate surface area is 232 Å². The maximum Gasteiger partial charge on any atom is 0.296 e. The van der Waals surface area contributed by atoms with E-state index in [4.69, 9.17) is 23.6 Å². The molecule has 0 amide bonds. The predicted molar refractivity (Wildman–Crippen MR) is 147 cm³/mol. The smallest absolute Gasteiger partial charge is 0.296 e. The van der Waals surface area contributed by atoms with E-state index >= 15 is 0 Å². The second kappa shape index (κ2) is 12.7. The van der Waals surface area contributed by atoms with Crippen LogP contribution >= 0.6 is 19.0 Å². The molecule has 0 spiro atoms. The van der Waals surface area contributed by atoms with Crippen LogP contribution in [0.1, 0.15) is 0 Å². The van der Waals surface area contributed by atoms with Gasteiger partial charge in [0, 0.05) is 5.56 Å². The van der Waals surface area contributed by atoms with Crippen molar-refractivity contribution in [2.45, 2.75) is 5.03 Å². The van der Waals surface area contributed by atoms with Crippen LogP contribution in [0.3, 0.4) is 0 Å². The Morgan fingerprint density at radius 1 is 0.667 bits per heavy atom. The van der Waals surface area contributed by atoms with Crippen molar-refractivity contribution in [3.05, 3.63) is 132 Å². The summed E-state index contributed by atoms with van der Waals surface area (Å²) in [5.41, 5.74) is 0.799. The van der Waals surface area contributed by atoms with Crippen LogP contribution in [0.4, 0.5) is 0 Å². The highest BCUT2D eigenvalue weighted by molar-refractivity contribution is 8.04. The van der Waals surface area contributed by atoms with E-state index in [9.17, 15) is 4.79 Å². The molecule has 0 aliphatic carbocycles. The summed E-state index contributed by atoms with van der Waals surface area (Å²) in [4.78, 5) is 22.2. The Morgan fingerprint density at radius 3 is 1.38 bits per heavy atom. The molecule has 0 bridgehead atoms. The molecule has 0 unspecified atom stereocenters. The number of H-pyrrole nitrogens is 1. The number of hydrogen-bond acceptors (Lipinski definition) is 7. The van der Waals surface area contributed by atoms with Crippen molar-refractivity contribution in [3.63, 3.8) is 0 Å². The standard InChI is InChI=1S/C29H23N2OPS.ClHO4/c1-34-29-26(28(32)30-27(31-29)22-14-6-2-7-15-22)33(23-16-8-3-9-17-23,24-18-10-4-11-19-24)25-20-12-5-13-21-25;2-1(3,4)5/h2-21H,1H3;(H,2,3,4,5). The highest BCUT2D eigenvalue weighted by Gasteiger charge is 2.52. The van der Waals surface area contributed by atoms with Crippen molar-refractivity contribution in [3.8, 4) is 11.4 Å². The fourth-order valence-corrected chi connectivity index (χ4v) is 9.78. The lowest BCUT2D eigenvalue weighted by atomic mass is 10.2. The zero-order valence-electron chi connectivity index (χ0n) is 20.8. The van der Waals surface area contributed by atoms with Crippen LogP contribution in [0.5, 0.6) is 0 Å². The first-order chi connectivity index (χ1) is 18.7. The molecule has 1 N–H and O–H groups in total. The van der Waals surface area contributed by atoms with Gasteiger partial charge in [-0.3, -0.25) is 4.79 Å². The molecule has 1 heterocycles. The number of benzene rings is 4. The SMILES string of the molecule is CSc1nc(-c2ccccc2)[nH]c(=O)c1[P+](c1ccccc1)(c1ccccc1)c1ccccc1.[O-][Cl+3]([O-])([O-])[O-]. The van der Waals surface area contributed by atoms with E-state index in [2.05, 4.69) is 77.8 Å². The molecular formula is C29H24ClN2O5PS. The van der Waals surface area contributed by atoms with Gasteiger partial charge < -0.3 is 4.98 Å². The van der Waals surface area contributed by atoms with E-state index in [0.717, 1.165) is 31.8 Å². The van der Waals surface area contributed by atoms with Gasteiger partial charge in [0.15, 0.2) is 7.26 Å². The van der Waals surface area contributed by atoms with Gasteiger partial charge in [-0.05, 0) is 42.7 Å². The average molecular weight is 579 g/mol. The molecule has 0 aliphatic rings. The molecule has 0 saturated carbocycles. The van der Waals surface area contributed by atoms with E-state index in [1.54, 1.807) is 0 Å². The second-order valence-corrected chi connectivity index (χ2v) is 13.1. The highest BCUT2D eigenvalue weighted by atomic mass is 35.7. The van der Waals surface area contributed by atoms with Crippen LogP contribution in [-0.2, 0) is 0 Å². The van der Waals surface area contributed by atoms with Crippen LogP contribution in [0, 0.1) is 10.2 Å². The van der Waals surface area contributed by atoms with Gasteiger partial charge >= 0.3 is 0 Å². The normalized spacial score (nSPS) is 11.4. The van der Waals surface area contributed by atoms with Crippen molar-refractivity contribution < 1.29 is 28.9 Å². The van der Waals surface area contributed by atoms with E-state index < -0.39 is 17.5 Å². The molecule has 0 radical (unpaired) electrons. The zero-order chi connectivity index (χ0) is 27.9. The largest absolute Gasteiger partial charge is 0.303 e. The second-order valence-electron chi connectivity index (χ2n) is 8.19. The molecule has 1 aromatic heterocycles. The molecular weight excluding hydrogens is 555 g/mol. The summed E-state index contributed by atoms with van der Waals surface area (Å²) >= 11 is 1.53. The Morgan fingerprint density at radius 2 is 1.03 bits per heavy atom. The minimum atomic E-state index is -4.94. The lowest BCUT2D eigenvalue weighted by molar-refractivity contribution is -2.00. The average Bonchev–Trinajstić information content (AvgIpc) is 2.95. The zero-order valence-corrected chi connectivity index (χ0v) is 23.2. The monoisotopic (exact) mass is 578 g/mol. The summed E-state index contributed by atoms with van der Waals surface area (Å²) in [6.45, 7) is 0. The number of nitrogens with zero attached hydrogens (tertiary/aromatic N) is 1. The van der Waals surface area contributed by atoms with Crippen LogP contribution in [-0.4, -0.2) is 16.2 Å². The Hall–Kier alpha value is -3.33. The Bertz CT molecular complexity index is 1450. The van der Waals surface area contributed by atoms with Crippen molar-refractivity contribution >= 4 is 40.2 Å². The van der Waals surface area contributed by atoms with Gasteiger partial charge in [-0.2, -0.15) is 0 Å². The molecule has 10 heteroatoms. The van der Waals surface area contributed by atoms with E-state index in [0.29, 0.717) is 5.82 Å². The fraction of sp³-hybridized carbons (Fsp3) is 0.0345. The van der Waals surface area contributed by atoms with Crippen molar-refractivity contribution in [2.24, 2.45) is 0 Å². The van der Waals surface area contributed by atoms with Gasteiger partial charge in [0.1, 0.15) is 26.8 Å². The molecule has 198 valence electrons. The summed E-state index contributed by atoms with van der Waals surface area (Å²) in [6, 6.07) is 41.0. The van der Waals surface area contributed by atoms with Crippen LogP contribution < -0.4 is 45.4 Å². The first-order valence-corrected chi connectivity index (χ1v) is 15.9. The topological polar surface area (TPSA) is 138 Å². The van der Waals surface area contributed by atoms with Gasteiger partial charge in [0.2, 0.25) is 5.30 Å². The maximum absolute atomic E-state index is 14.1. The minimum absolute atomic E-state index is 0.0944. The number of hydrogen-bond donors (Lipinski definition) is 1. The van der Waals surface area contributed by atoms with Crippen LogP contribution in [0.2, 0.25) is 0 Å². The van der Waals surface area contributed by atoms with Gasteiger partial charge in [-0.25, -0.2) is 23.6 Å². The maximum atomic E-state index is 14.1. The molecule has 0 aliphatic heterocycles. The Balaban J connectivity index is 0.000000648. The molecule has 5 aromatic rings. The number of aromatic nitrogens is 2. The van der Waals surface area contributed by atoms with Crippen molar-refractivity contribution in [1.82, 2.24) is 9.97 Å². The van der Waals surface area contributed by atoms with E-state index in [1.807, 2.05) is 54.8 Å². The lowest BCUT2D eigenvalue weighted by Crippen LogP contribution is -2.68. The van der Waals surface area contributed by atoms with Crippen LogP contribution in [0.15, 0.2) is 131 Å². The number of aromatic amines is 1. The van der Waals surface area contributed by atoms with Gasteiger partial charge in [-0.1, -0.05) is 84.9 Å². The fourth-order valence-electron chi connectivity index (χ4n) is 4.41. The van der Waals surface area contributed by atoms with Gasteiger partial charge in [0.25, 0.3) is 5.56 Å². The summed E-state index contributed by atoms with van der Waals surface area (Å²) < 4.78 is 34.0. The van der Waals surface area contributed by atoms with E-state index in [-0.39, 0.29) is 5.56 Å². The third-order valence-electron chi connectivity index (χ3n) is 5.87. The van der Waals surface area contributed by atoms with Gasteiger partial charge in [0.05, 0.1) is 0 Å². The van der Waals surface area contributed by atoms with Gasteiger partial charge in [-0.15, -0.1) is 22.0 Å². The molecule has 5 rings (SSSR count). The number of thioether (sulfide) groups is 1. The molecule has 0 atom stereocenters. The summed E-state index contributed by atoms with van der Waals surface area (Å²) in [5.74, 6) is 0.589. The summed E-state index contributed by atoms with van der Waals surface area (Å²) in [5, 5.41) is 4.88. The molecule has 0 saturated heterocycles. The third kappa shape index (κ3) is 6.64. The minimum Gasteiger partial charge on any atom is -0.303 e. The first-order valence-electron chi connectivity index (χ1n) is 11.7. The predicted octanol–water partition coefficient (Wildman–Crippen LogP) is 0.0222. The lowest BCUT2D eigenvalue weighted by Gasteiger charge is -2.27. The summed E-state index contributed by atoms with van der Waals surface area (Å²) in [6.07, 6.45) is 2.00. The van der Waals surface area contributed by atoms with Crippen LogP contribution in [0.25, 0.3) is 11.4 Å². The van der Waals surface area contributed by atoms with Crippen molar-refractivity contribution in [1.29, 1.82) is 0 Å². The molecule has 39 heavy (non-hydrogen) atoms. The highest BCUT2D eigenvalue weighted by Crippen LogP contribution is 2.54. The first kappa shape index (κ1) is 28.7. The third-order valence-corrected chi connectivity index (χ3v) is 11.0. The number of nitrogens with one attached hydrogen (secondary N) is 1. The number of rotatable bonds is 6. The van der Waals surface area contributed by atoms with Crippen molar-refractivity contribution in [2.75, 3.05) is 6.26 Å². The Kier molecular flexibility index (Phi) is 9.32. The molecule has 7 nitrogen and oxygen atoms in total. The summed E-state index contributed by atoms with van der Waals surface area (Å²) in [7, 11) is -7.48. The quantitative estimate of drug-likeness (QED) is 0.170. The molecule has 0 fully saturated rings. The molecule has 4 aromatic carbocycles.